The van der Waals surface area contributed by atoms with Gasteiger partial charge in [-0.15, -0.1) is 0 Å². The Balaban J connectivity index is 2.56. The summed E-state index contributed by atoms with van der Waals surface area (Å²) >= 11 is 3.45. The van der Waals surface area contributed by atoms with E-state index in [0.717, 1.165) is 4.47 Å². The van der Waals surface area contributed by atoms with Gasteiger partial charge in [-0.25, -0.2) is 0 Å². The lowest BCUT2D eigenvalue weighted by atomic mass is 9.99. The number of carbonyl (C=O) groups is 1. The zero-order valence-electron chi connectivity index (χ0n) is 11.7. The van der Waals surface area contributed by atoms with Crippen molar-refractivity contribution in [1.29, 1.82) is 0 Å². The highest BCUT2D eigenvalue weighted by Crippen LogP contribution is 2.19. The van der Waals surface area contributed by atoms with Gasteiger partial charge in [0.05, 0.1) is 0 Å². The van der Waals surface area contributed by atoms with Crippen LogP contribution in [0.5, 0.6) is 0 Å². The molecular weight excluding hydrogens is 306 g/mol. The van der Waals surface area contributed by atoms with Crippen LogP contribution in [-0.4, -0.2) is 23.7 Å². The molecule has 0 amide bonds. The fourth-order valence-electron chi connectivity index (χ4n) is 1.99. The Hall–Kier alpha value is -0.870. The van der Waals surface area contributed by atoms with Crippen molar-refractivity contribution in [3.63, 3.8) is 0 Å². The van der Waals surface area contributed by atoms with Crippen LogP contribution in [-0.2, 0) is 4.79 Å². The van der Waals surface area contributed by atoms with Gasteiger partial charge in [0.2, 0.25) is 0 Å². The van der Waals surface area contributed by atoms with E-state index in [0.29, 0.717) is 18.9 Å². The summed E-state index contributed by atoms with van der Waals surface area (Å²) in [5.41, 5.74) is 1.20. The van der Waals surface area contributed by atoms with E-state index in [-0.39, 0.29) is 5.92 Å². The first-order valence-electron chi connectivity index (χ1n) is 6.61. The minimum atomic E-state index is -0.768. The van der Waals surface area contributed by atoms with E-state index in [1.165, 1.54) is 5.56 Å². The molecule has 0 aliphatic carbocycles. The molecule has 0 bridgehead atoms. The van der Waals surface area contributed by atoms with E-state index in [1.807, 2.05) is 26.0 Å². The highest BCUT2D eigenvalue weighted by Gasteiger charge is 2.19. The van der Waals surface area contributed by atoms with Crippen LogP contribution in [0.4, 0.5) is 0 Å². The molecule has 0 aliphatic rings. The Morgan fingerprint density at radius 3 is 2.58 bits per heavy atom. The number of benzene rings is 1. The third-order valence-corrected chi connectivity index (χ3v) is 3.59. The second kappa shape index (κ2) is 7.65. The lowest BCUT2D eigenvalue weighted by molar-refractivity contribution is -0.139. The predicted molar refractivity (Wildman–Crippen MR) is 81.4 cm³/mol. The van der Waals surface area contributed by atoms with Crippen molar-refractivity contribution < 1.29 is 9.90 Å². The molecule has 0 saturated heterocycles. The molecule has 2 N–H and O–H groups in total. The summed E-state index contributed by atoms with van der Waals surface area (Å²) in [4.78, 5) is 11.2. The molecule has 1 aromatic carbocycles. The summed E-state index contributed by atoms with van der Waals surface area (Å²) in [5, 5.41) is 12.3. The summed E-state index contributed by atoms with van der Waals surface area (Å²) < 4.78 is 1.05. The quantitative estimate of drug-likeness (QED) is 0.803. The lowest BCUT2D eigenvalue weighted by Gasteiger charge is -2.19. The van der Waals surface area contributed by atoms with Gasteiger partial charge in [0.1, 0.15) is 6.04 Å². The molecule has 0 aliphatic heterocycles. The van der Waals surface area contributed by atoms with E-state index in [9.17, 15) is 9.90 Å². The monoisotopic (exact) mass is 327 g/mol. The summed E-state index contributed by atoms with van der Waals surface area (Å²) in [6.07, 6.45) is 0.653. The third-order valence-electron chi connectivity index (χ3n) is 3.09. The molecular formula is C15H22BrNO2. The van der Waals surface area contributed by atoms with Gasteiger partial charge in [-0.2, -0.15) is 0 Å². The summed E-state index contributed by atoms with van der Waals surface area (Å²) in [6, 6.07) is 7.66. The molecule has 4 heteroatoms. The van der Waals surface area contributed by atoms with Crippen molar-refractivity contribution in [2.75, 3.05) is 6.54 Å². The van der Waals surface area contributed by atoms with Crippen LogP contribution in [0, 0.1) is 5.92 Å². The van der Waals surface area contributed by atoms with Crippen LogP contribution >= 0.6 is 15.9 Å². The van der Waals surface area contributed by atoms with Crippen molar-refractivity contribution in [1.82, 2.24) is 5.32 Å². The first kappa shape index (κ1) is 16.2. The first-order valence-corrected chi connectivity index (χ1v) is 7.41. The summed E-state index contributed by atoms with van der Waals surface area (Å²) in [6.45, 7) is 6.84. The van der Waals surface area contributed by atoms with E-state index in [1.54, 1.807) is 0 Å². The number of hydrogen-bond donors (Lipinski definition) is 2. The Morgan fingerprint density at radius 1 is 1.37 bits per heavy atom. The molecule has 0 radical (unpaired) electrons. The Morgan fingerprint density at radius 2 is 2.05 bits per heavy atom. The molecule has 2 unspecified atom stereocenters. The van der Waals surface area contributed by atoms with E-state index < -0.39 is 12.0 Å². The minimum absolute atomic E-state index is 0.284. The molecule has 0 spiro atoms. The Kier molecular flexibility index (Phi) is 6.52. The van der Waals surface area contributed by atoms with Crippen molar-refractivity contribution in [2.24, 2.45) is 5.92 Å². The van der Waals surface area contributed by atoms with E-state index in [4.69, 9.17) is 0 Å². The number of carboxylic acid groups (broad SMARTS) is 1. The molecule has 0 fully saturated rings. The largest absolute Gasteiger partial charge is 0.480 e. The summed E-state index contributed by atoms with van der Waals surface area (Å²) in [7, 11) is 0. The number of carboxylic acids is 1. The van der Waals surface area contributed by atoms with Gasteiger partial charge in [0.15, 0.2) is 0 Å². The molecule has 1 aromatic rings. The van der Waals surface area contributed by atoms with Crippen LogP contribution < -0.4 is 5.32 Å². The number of aliphatic carboxylic acids is 1. The van der Waals surface area contributed by atoms with Gasteiger partial charge in [0.25, 0.3) is 0 Å². The Labute approximate surface area is 123 Å². The van der Waals surface area contributed by atoms with Crippen molar-refractivity contribution >= 4 is 21.9 Å². The summed E-state index contributed by atoms with van der Waals surface area (Å²) in [5.74, 6) is -0.114. The van der Waals surface area contributed by atoms with Crippen LogP contribution in [0.15, 0.2) is 28.7 Å². The standard InChI is InChI=1S/C15H22BrNO2/c1-10(2)7-14(15(18)19)17-9-11(3)12-5-4-6-13(16)8-12/h4-6,8,10-11,14,17H,7,9H2,1-3H3,(H,18,19). The van der Waals surface area contributed by atoms with Crippen LogP contribution in [0.2, 0.25) is 0 Å². The van der Waals surface area contributed by atoms with E-state index in [2.05, 4.69) is 40.3 Å². The average Bonchev–Trinajstić information content (AvgIpc) is 2.33. The minimum Gasteiger partial charge on any atom is -0.480 e. The lowest BCUT2D eigenvalue weighted by Crippen LogP contribution is -2.39. The van der Waals surface area contributed by atoms with Gasteiger partial charge in [-0.05, 0) is 36.0 Å². The smallest absolute Gasteiger partial charge is 0.320 e. The molecule has 0 heterocycles. The van der Waals surface area contributed by atoms with Gasteiger partial charge in [-0.1, -0.05) is 48.8 Å². The normalized spacial score (nSPS) is 14.4. The molecule has 106 valence electrons. The Bertz CT molecular complexity index is 420. The second-order valence-electron chi connectivity index (χ2n) is 5.38. The predicted octanol–water partition coefficient (Wildman–Crippen LogP) is 3.64. The van der Waals surface area contributed by atoms with Crippen molar-refractivity contribution in [2.45, 2.75) is 39.2 Å². The highest BCUT2D eigenvalue weighted by molar-refractivity contribution is 9.10. The fourth-order valence-corrected chi connectivity index (χ4v) is 2.41. The zero-order chi connectivity index (χ0) is 14.4. The number of hydrogen-bond acceptors (Lipinski definition) is 2. The highest BCUT2D eigenvalue weighted by atomic mass is 79.9. The maximum Gasteiger partial charge on any atom is 0.320 e. The molecule has 19 heavy (non-hydrogen) atoms. The third kappa shape index (κ3) is 5.74. The topological polar surface area (TPSA) is 49.3 Å². The maximum atomic E-state index is 11.2. The first-order chi connectivity index (χ1) is 8.90. The number of rotatable bonds is 7. The van der Waals surface area contributed by atoms with Gasteiger partial charge in [-0.3, -0.25) is 4.79 Å². The maximum absolute atomic E-state index is 11.2. The molecule has 0 saturated carbocycles. The average molecular weight is 328 g/mol. The molecule has 2 atom stereocenters. The second-order valence-corrected chi connectivity index (χ2v) is 6.30. The van der Waals surface area contributed by atoms with Gasteiger partial charge in [0, 0.05) is 11.0 Å². The molecule has 1 rings (SSSR count). The SMILES string of the molecule is CC(C)CC(NCC(C)c1cccc(Br)c1)C(=O)O. The molecule has 3 nitrogen and oxygen atoms in total. The molecule has 0 aromatic heterocycles. The van der Waals surface area contributed by atoms with E-state index >= 15 is 0 Å². The van der Waals surface area contributed by atoms with Crippen molar-refractivity contribution in [3.05, 3.63) is 34.3 Å². The van der Waals surface area contributed by atoms with Gasteiger partial charge >= 0.3 is 5.97 Å². The van der Waals surface area contributed by atoms with Crippen LogP contribution in [0.1, 0.15) is 38.7 Å². The zero-order valence-corrected chi connectivity index (χ0v) is 13.3. The van der Waals surface area contributed by atoms with Crippen LogP contribution in [0.25, 0.3) is 0 Å². The number of nitrogens with one attached hydrogen (secondary N) is 1. The fraction of sp³-hybridized carbons (Fsp3) is 0.533. The number of halogens is 1. The van der Waals surface area contributed by atoms with Gasteiger partial charge < -0.3 is 10.4 Å². The van der Waals surface area contributed by atoms with Crippen LogP contribution in [0.3, 0.4) is 0 Å². The van der Waals surface area contributed by atoms with Crippen molar-refractivity contribution in [3.8, 4) is 0 Å².